The van der Waals surface area contributed by atoms with E-state index in [4.69, 9.17) is 4.74 Å². The monoisotopic (exact) mass is 433 g/mol. The molecule has 3 aromatic rings. The van der Waals surface area contributed by atoms with Crippen LogP contribution in [-0.4, -0.2) is 40.2 Å². The standard InChI is InChI=1S/C24H23N3O3S/c1-4-26-15-17(19-11-6-7-12-20(19)26)14-21-22(28)27(5-2)24(31-21)25-18-10-8-9-16(13-18)23(29)30-3/h6-15H,4-5H2,1-3H3. The molecule has 6 nitrogen and oxygen atoms in total. The number of para-hydroxylation sites is 1. The zero-order valence-electron chi connectivity index (χ0n) is 17.7. The lowest BCUT2D eigenvalue weighted by Gasteiger charge is -2.12. The highest BCUT2D eigenvalue weighted by Gasteiger charge is 2.32. The Morgan fingerprint density at radius 3 is 2.68 bits per heavy atom. The molecule has 2 aromatic carbocycles. The molecule has 0 radical (unpaired) electrons. The zero-order valence-corrected chi connectivity index (χ0v) is 18.5. The molecule has 1 saturated heterocycles. The number of aliphatic imine (C=N–C) groups is 1. The first-order valence-corrected chi connectivity index (χ1v) is 10.9. The summed E-state index contributed by atoms with van der Waals surface area (Å²) >= 11 is 1.35. The molecule has 1 aliphatic rings. The normalized spacial score (nSPS) is 16.6. The second-order valence-electron chi connectivity index (χ2n) is 6.98. The van der Waals surface area contributed by atoms with E-state index in [1.165, 1.54) is 18.9 Å². The number of amides is 1. The number of benzene rings is 2. The van der Waals surface area contributed by atoms with Crippen LogP contribution in [0.2, 0.25) is 0 Å². The molecule has 0 aliphatic carbocycles. The third-order valence-corrected chi connectivity index (χ3v) is 6.15. The molecule has 0 saturated carbocycles. The third-order valence-electron chi connectivity index (χ3n) is 5.14. The summed E-state index contributed by atoms with van der Waals surface area (Å²) in [6.45, 7) is 5.39. The molecule has 0 N–H and O–H groups in total. The van der Waals surface area contributed by atoms with Crippen molar-refractivity contribution in [1.82, 2.24) is 9.47 Å². The quantitative estimate of drug-likeness (QED) is 0.416. The van der Waals surface area contributed by atoms with Crippen molar-refractivity contribution in [3.05, 3.63) is 70.8 Å². The maximum absolute atomic E-state index is 13.1. The third kappa shape index (κ3) is 4.01. The molecule has 1 aromatic heterocycles. The number of carbonyl (C=O) groups excluding carboxylic acids is 2. The molecule has 2 heterocycles. The lowest BCUT2D eigenvalue weighted by Crippen LogP contribution is -2.28. The fraction of sp³-hybridized carbons (Fsp3) is 0.208. The number of likely N-dealkylation sites (N-methyl/N-ethyl adjacent to an activating group) is 1. The molecular weight excluding hydrogens is 410 g/mol. The second kappa shape index (κ2) is 8.81. The van der Waals surface area contributed by atoms with E-state index in [9.17, 15) is 9.59 Å². The predicted octanol–water partition coefficient (Wildman–Crippen LogP) is 5.07. The van der Waals surface area contributed by atoms with Crippen LogP contribution in [-0.2, 0) is 16.1 Å². The van der Waals surface area contributed by atoms with Gasteiger partial charge in [-0.3, -0.25) is 9.69 Å². The van der Waals surface area contributed by atoms with Gasteiger partial charge >= 0.3 is 5.97 Å². The Kier molecular flexibility index (Phi) is 5.95. The van der Waals surface area contributed by atoms with E-state index in [1.54, 1.807) is 29.2 Å². The van der Waals surface area contributed by atoms with Gasteiger partial charge in [-0.15, -0.1) is 0 Å². The van der Waals surface area contributed by atoms with Crippen LogP contribution in [0.5, 0.6) is 0 Å². The maximum atomic E-state index is 13.1. The molecule has 0 spiro atoms. The summed E-state index contributed by atoms with van der Waals surface area (Å²) < 4.78 is 6.96. The number of nitrogens with zero attached hydrogens (tertiary/aromatic N) is 3. The van der Waals surface area contributed by atoms with Gasteiger partial charge in [0.15, 0.2) is 5.17 Å². The molecule has 4 rings (SSSR count). The van der Waals surface area contributed by atoms with Crippen molar-refractivity contribution in [3.63, 3.8) is 0 Å². The van der Waals surface area contributed by atoms with E-state index in [1.807, 2.05) is 25.1 Å². The van der Waals surface area contributed by atoms with Gasteiger partial charge in [-0.25, -0.2) is 9.79 Å². The maximum Gasteiger partial charge on any atom is 0.337 e. The molecule has 0 unspecified atom stereocenters. The Labute approximate surface area is 185 Å². The molecule has 0 bridgehead atoms. The highest BCUT2D eigenvalue weighted by Crippen LogP contribution is 2.35. The first kappa shape index (κ1) is 20.9. The predicted molar refractivity (Wildman–Crippen MR) is 125 cm³/mol. The number of aryl methyl sites for hydroxylation is 1. The van der Waals surface area contributed by atoms with Crippen molar-refractivity contribution in [2.45, 2.75) is 20.4 Å². The van der Waals surface area contributed by atoms with Crippen LogP contribution in [0.4, 0.5) is 5.69 Å². The molecule has 0 atom stereocenters. The van der Waals surface area contributed by atoms with Crippen molar-refractivity contribution < 1.29 is 14.3 Å². The van der Waals surface area contributed by atoms with Crippen molar-refractivity contribution in [2.75, 3.05) is 13.7 Å². The molecule has 1 amide bonds. The van der Waals surface area contributed by atoms with Crippen LogP contribution < -0.4 is 0 Å². The number of methoxy groups -OCH3 is 1. The van der Waals surface area contributed by atoms with Gasteiger partial charge in [-0.05, 0) is 56.0 Å². The van der Waals surface area contributed by atoms with Crippen molar-refractivity contribution in [1.29, 1.82) is 0 Å². The van der Waals surface area contributed by atoms with Crippen LogP contribution in [0.25, 0.3) is 17.0 Å². The minimum absolute atomic E-state index is 0.0660. The van der Waals surface area contributed by atoms with Crippen molar-refractivity contribution in [3.8, 4) is 0 Å². The number of ether oxygens (including phenoxy) is 1. The van der Waals surface area contributed by atoms with E-state index < -0.39 is 5.97 Å². The van der Waals surface area contributed by atoms with Crippen LogP contribution in [0.1, 0.15) is 29.8 Å². The SMILES string of the molecule is CCN1C(=O)C(=Cc2cn(CC)c3ccccc23)SC1=Nc1cccc(C(=O)OC)c1. The highest BCUT2D eigenvalue weighted by molar-refractivity contribution is 8.18. The fourth-order valence-corrected chi connectivity index (χ4v) is 4.65. The summed E-state index contributed by atoms with van der Waals surface area (Å²) in [5.41, 5.74) is 3.18. The molecule has 7 heteroatoms. The van der Waals surface area contributed by atoms with Gasteiger partial charge in [0.1, 0.15) is 0 Å². The van der Waals surface area contributed by atoms with Gasteiger partial charge in [0.25, 0.3) is 5.91 Å². The lowest BCUT2D eigenvalue weighted by molar-refractivity contribution is -0.122. The summed E-state index contributed by atoms with van der Waals surface area (Å²) in [5.74, 6) is -0.485. The average Bonchev–Trinajstić information content (AvgIpc) is 3.30. The first-order chi connectivity index (χ1) is 15.0. The average molecular weight is 434 g/mol. The Morgan fingerprint density at radius 1 is 1.13 bits per heavy atom. The van der Waals surface area contributed by atoms with Crippen LogP contribution in [0.3, 0.4) is 0 Å². The Hall–Kier alpha value is -3.32. The summed E-state index contributed by atoms with van der Waals surface area (Å²) in [4.78, 5) is 31.8. The molecule has 158 valence electrons. The van der Waals surface area contributed by atoms with Gasteiger partial charge in [-0.2, -0.15) is 0 Å². The minimum atomic E-state index is -0.419. The number of hydrogen-bond donors (Lipinski definition) is 0. The number of esters is 1. The topological polar surface area (TPSA) is 63.9 Å². The molecule has 31 heavy (non-hydrogen) atoms. The number of amidine groups is 1. The summed E-state index contributed by atoms with van der Waals surface area (Å²) in [7, 11) is 1.35. The molecular formula is C24H23N3O3S. The number of carbonyl (C=O) groups is 2. The largest absolute Gasteiger partial charge is 0.465 e. The molecule has 1 fully saturated rings. The summed E-state index contributed by atoms with van der Waals surface area (Å²) in [6, 6.07) is 15.1. The lowest BCUT2D eigenvalue weighted by atomic mass is 10.1. The molecule has 1 aliphatic heterocycles. The Bertz CT molecular complexity index is 1230. The van der Waals surface area contributed by atoms with Gasteiger partial charge in [0, 0.05) is 35.8 Å². The van der Waals surface area contributed by atoms with Gasteiger partial charge in [0.05, 0.1) is 23.3 Å². The summed E-state index contributed by atoms with van der Waals surface area (Å²) in [6.07, 6.45) is 4.02. The van der Waals surface area contributed by atoms with Crippen molar-refractivity contribution in [2.24, 2.45) is 4.99 Å². The zero-order chi connectivity index (χ0) is 22.0. The smallest absolute Gasteiger partial charge is 0.337 e. The highest BCUT2D eigenvalue weighted by atomic mass is 32.2. The van der Waals surface area contributed by atoms with E-state index in [0.29, 0.717) is 27.9 Å². The van der Waals surface area contributed by atoms with E-state index in [2.05, 4.69) is 34.8 Å². The van der Waals surface area contributed by atoms with Crippen LogP contribution >= 0.6 is 11.8 Å². The van der Waals surface area contributed by atoms with E-state index in [0.717, 1.165) is 23.0 Å². The second-order valence-corrected chi connectivity index (χ2v) is 7.99. The number of aromatic nitrogens is 1. The Balaban J connectivity index is 1.71. The van der Waals surface area contributed by atoms with Crippen LogP contribution in [0.15, 0.2) is 64.6 Å². The van der Waals surface area contributed by atoms with Crippen LogP contribution in [0, 0.1) is 0 Å². The minimum Gasteiger partial charge on any atom is -0.465 e. The number of hydrogen-bond acceptors (Lipinski definition) is 5. The van der Waals surface area contributed by atoms with Gasteiger partial charge in [-0.1, -0.05) is 24.3 Å². The number of rotatable bonds is 5. The van der Waals surface area contributed by atoms with E-state index >= 15 is 0 Å². The fourth-order valence-electron chi connectivity index (χ4n) is 3.59. The Morgan fingerprint density at radius 2 is 1.94 bits per heavy atom. The van der Waals surface area contributed by atoms with Gasteiger partial charge < -0.3 is 9.30 Å². The van der Waals surface area contributed by atoms with E-state index in [-0.39, 0.29) is 5.91 Å². The van der Waals surface area contributed by atoms with Gasteiger partial charge in [0.2, 0.25) is 0 Å². The van der Waals surface area contributed by atoms with Crippen molar-refractivity contribution >= 4 is 51.5 Å². The summed E-state index contributed by atoms with van der Waals surface area (Å²) in [5, 5.41) is 1.71. The number of fused-ring (bicyclic) bond motifs is 1. The number of thioether (sulfide) groups is 1. The first-order valence-electron chi connectivity index (χ1n) is 10.1.